The van der Waals surface area contributed by atoms with Crippen LogP contribution in [-0.4, -0.2) is 89.2 Å². The molecule has 44 heavy (non-hydrogen) atoms. The average molecular weight is 646 g/mol. The number of hydrogen-bond acceptors (Lipinski definition) is 9. The van der Waals surface area contributed by atoms with Gasteiger partial charge in [0.25, 0.3) is 5.91 Å². The van der Waals surface area contributed by atoms with E-state index in [1.54, 1.807) is 0 Å². The van der Waals surface area contributed by atoms with E-state index in [9.17, 15) is 50.6 Å². The van der Waals surface area contributed by atoms with Crippen molar-refractivity contribution in [2.45, 2.75) is 44.5 Å². The van der Waals surface area contributed by atoms with Gasteiger partial charge in [0.2, 0.25) is 11.7 Å². The fourth-order valence-corrected chi connectivity index (χ4v) is 2.90. The van der Waals surface area contributed by atoms with Crippen molar-refractivity contribution in [3.63, 3.8) is 0 Å². The SMILES string of the molecule is NCCCCC(=O)NCCCCNC(=O)COC1=CC(=O)c2c(O)cccc2C1=O.O=C(O)C(F)(F)F.O=C(O)C(F)(F)F. The highest BCUT2D eigenvalue weighted by Crippen LogP contribution is 2.28. The maximum Gasteiger partial charge on any atom is 0.490 e. The Bertz CT molecular complexity index is 1190. The van der Waals surface area contributed by atoms with E-state index in [-0.39, 0.29) is 28.5 Å². The molecule has 0 unspecified atom stereocenters. The largest absolute Gasteiger partial charge is 0.507 e. The molecule has 1 aliphatic carbocycles. The number of carbonyl (C=O) groups excluding carboxylic acids is 4. The molecule has 0 heterocycles. The Balaban J connectivity index is 0.00000109. The molecule has 1 aromatic carbocycles. The summed E-state index contributed by atoms with van der Waals surface area (Å²) < 4.78 is 68.7. The number of aromatic hydroxyl groups is 1. The molecule has 19 heteroatoms. The Kier molecular flexibility index (Phi) is 16.8. The summed E-state index contributed by atoms with van der Waals surface area (Å²) in [6.07, 6.45) is -5.74. The lowest BCUT2D eigenvalue weighted by Crippen LogP contribution is -2.30. The number of alkyl halides is 6. The maximum absolute atomic E-state index is 12.4. The Hall–Kier alpha value is -4.68. The molecule has 0 saturated heterocycles. The minimum absolute atomic E-state index is 0.00394. The number of carboxylic acids is 2. The molecule has 0 atom stereocenters. The van der Waals surface area contributed by atoms with Gasteiger partial charge in [-0.1, -0.05) is 6.07 Å². The molecule has 0 bridgehead atoms. The molecule has 0 aliphatic heterocycles. The van der Waals surface area contributed by atoms with Gasteiger partial charge in [0, 0.05) is 31.1 Å². The molecule has 0 fully saturated rings. The number of aliphatic carboxylic acids is 2. The molecule has 0 spiro atoms. The molecule has 7 N–H and O–H groups in total. The first-order valence-electron chi connectivity index (χ1n) is 12.4. The van der Waals surface area contributed by atoms with Crippen LogP contribution < -0.4 is 16.4 Å². The Labute approximate surface area is 245 Å². The third kappa shape index (κ3) is 15.5. The lowest BCUT2D eigenvalue weighted by atomic mass is 9.93. The van der Waals surface area contributed by atoms with Gasteiger partial charge in [0.05, 0.1) is 5.56 Å². The first kappa shape index (κ1) is 39.3. The van der Waals surface area contributed by atoms with Crippen LogP contribution in [0.2, 0.25) is 0 Å². The normalized spacial score (nSPS) is 12.3. The quantitative estimate of drug-likeness (QED) is 0.143. The monoisotopic (exact) mass is 645 g/mol. The number of carbonyl (C=O) groups is 6. The van der Waals surface area contributed by atoms with Crippen LogP contribution in [0.1, 0.15) is 52.8 Å². The van der Waals surface area contributed by atoms with Crippen LogP contribution in [0, 0.1) is 0 Å². The van der Waals surface area contributed by atoms with Gasteiger partial charge in [-0.2, -0.15) is 26.3 Å². The third-order valence-corrected chi connectivity index (χ3v) is 4.97. The highest BCUT2D eigenvalue weighted by Gasteiger charge is 2.39. The van der Waals surface area contributed by atoms with Crippen LogP contribution in [0.3, 0.4) is 0 Å². The van der Waals surface area contributed by atoms with Gasteiger partial charge < -0.3 is 36.4 Å². The van der Waals surface area contributed by atoms with E-state index >= 15 is 0 Å². The summed E-state index contributed by atoms with van der Waals surface area (Å²) >= 11 is 0. The second kappa shape index (κ2) is 18.8. The van der Waals surface area contributed by atoms with Crippen molar-refractivity contribution in [3.8, 4) is 5.75 Å². The van der Waals surface area contributed by atoms with Crippen LogP contribution in [0.5, 0.6) is 5.75 Å². The molecule has 1 aliphatic rings. The highest BCUT2D eigenvalue weighted by atomic mass is 19.4. The third-order valence-electron chi connectivity index (χ3n) is 4.97. The molecule has 246 valence electrons. The smallest absolute Gasteiger partial charge is 0.490 e. The fraction of sp³-hybridized carbons (Fsp3) is 0.440. The summed E-state index contributed by atoms with van der Waals surface area (Å²) in [6, 6.07) is 4.20. The van der Waals surface area contributed by atoms with Gasteiger partial charge in [0.1, 0.15) is 5.75 Å². The van der Waals surface area contributed by atoms with Crippen LogP contribution in [-0.2, 0) is 23.9 Å². The number of carboxylic acid groups (broad SMARTS) is 2. The van der Waals surface area contributed by atoms with Crippen molar-refractivity contribution in [2.24, 2.45) is 5.73 Å². The van der Waals surface area contributed by atoms with Crippen LogP contribution in [0.15, 0.2) is 30.0 Å². The number of nitrogens with one attached hydrogen (secondary N) is 2. The van der Waals surface area contributed by atoms with Crippen molar-refractivity contribution in [1.82, 2.24) is 10.6 Å². The van der Waals surface area contributed by atoms with E-state index in [2.05, 4.69) is 10.6 Å². The van der Waals surface area contributed by atoms with E-state index < -0.39 is 48.4 Å². The minimum Gasteiger partial charge on any atom is -0.507 e. The second-order valence-corrected chi connectivity index (χ2v) is 8.45. The number of fused-ring (bicyclic) bond motifs is 1. The lowest BCUT2D eigenvalue weighted by Gasteiger charge is -2.16. The summed E-state index contributed by atoms with van der Waals surface area (Å²) in [5.74, 6) is -7.56. The first-order valence-corrected chi connectivity index (χ1v) is 12.4. The molecule has 0 radical (unpaired) electrons. The summed E-state index contributed by atoms with van der Waals surface area (Å²) in [5, 5.41) is 29.5. The van der Waals surface area contributed by atoms with E-state index in [0.29, 0.717) is 38.9 Å². The Morgan fingerprint density at radius 1 is 0.818 bits per heavy atom. The van der Waals surface area contributed by atoms with Crippen molar-refractivity contribution < 1.29 is 75.2 Å². The molecule has 13 nitrogen and oxygen atoms in total. The lowest BCUT2D eigenvalue weighted by molar-refractivity contribution is -0.193. The zero-order valence-corrected chi connectivity index (χ0v) is 22.7. The van der Waals surface area contributed by atoms with E-state index in [4.69, 9.17) is 30.3 Å². The number of benzene rings is 1. The van der Waals surface area contributed by atoms with Crippen molar-refractivity contribution >= 4 is 35.3 Å². The molecule has 2 rings (SSSR count). The maximum atomic E-state index is 12.4. The zero-order valence-electron chi connectivity index (χ0n) is 22.7. The molecule has 0 aromatic heterocycles. The predicted octanol–water partition coefficient (Wildman–Crippen LogP) is 2.08. The fourth-order valence-electron chi connectivity index (χ4n) is 2.90. The van der Waals surface area contributed by atoms with Gasteiger partial charge in [0.15, 0.2) is 18.1 Å². The van der Waals surface area contributed by atoms with Gasteiger partial charge in [-0.05, 0) is 44.4 Å². The number of amides is 2. The number of phenols is 1. The van der Waals surface area contributed by atoms with Gasteiger partial charge in [-0.25, -0.2) is 9.59 Å². The molecule has 0 saturated carbocycles. The van der Waals surface area contributed by atoms with E-state index in [1.807, 2.05) is 0 Å². The summed E-state index contributed by atoms with van der Waals surface area (Å²) in [4.78, 5) is 65.7. The van der Waals surface area contributed by atoms with Crippen LogP contribution >= 0.6 is 0 Å². The first-order chi connectivity index (χ1) is 20.3. The predicted molar refractivity (Wildman–Crippen MR) is 136 cm³/mol. The Morgan fingerprint density at radius 3 is 1.80 bits per heavy atom. The molecule has 1 aromatic rings. The summed E-state index contributed by atoms with van der Waals surface area (Å²) in [6.45, 7) is 1.10. The highest BCUT2D eigenvalue weighted by molar-refractivity contribution is 6.24. The second-order valence-electron chi connectivity index (χ2n) is 8.45. The van der Waals surface area contributed by atoms with Crippen molar-refractivity contribution in [2.75, 3.05) is 26.2 Å². The van der Waals surface area contributed by atoms with Crippen molar-refractivity contribution in [1.29, 1.82) is 0 Å². The molecule has 2 amide bonds. The molecular weight excluding hydrogens is 616 g/mol. The van der Waals surface area contributed by atoms with E-state index in [0.717, 1.165) is 18.9 Å². The average Bonchev–Trinajstić information content (AvgIpc) is 2.91. The zero-order chi connectivity index (χ0) is 34.1. The molecular formula is C25H29F6N3O10. The topological polar surface area (TPSA) is 222 Å². The van der Waals surface area contributed by atoms with Crippen LogP contribution in [0.25, 0.3) is 0 Å². The number of rotatable bonds is 12. The van der Waals surface area contributed by atoms with Gasteiger partial charge in [-0.15, -0.1) is 0 Å². The minimum atomic E-state index is -5.08. The van der Waals surface area contributed by atoms with Crippen molar-refractivity contribution in [3.05, 3.63) is 41.2 Å². The number of ether oxygens (including phenoxy) is 1. The van der Waals surface area contributed by atoms with Crippen LogP contribution in [0.4, 0.5) is 26.3 Å². The Morgan fingerprint density at radius 2 is 1.32 bits per heavy atom. The number of Topliss-reactive ketones (excluding diaryl/α,β-unsaturated/α-hetero) is 1. The number of halogens is 6. The standard InChI is InChI=1S/C21H27N3O6.2C2HF3O2/c22-9-2-1-8-18(27)23-10-3-4-11-24-19(28)13-30-17-12-16(26)20-14(21(17)29)6-5-7-15(20)25;2*3-2(4,5)1(6)7/h5-7,12,25H,1-4,8-11,13,22H2,(H,23,27)(H,24,28);2*(H,6,7). The number of phenolic OH excluding ortho intramolecular Hbond substituents is 1. The number of nitrogens with two attached hydrogens (primary N) is 1. The van der Waals surface area contributed by atoms with Gasteiger partial charge >= 0.3 is 24.3 Å². The number of ketones is 2. The number of unbranched alkanes of at least 4 members (excludes halogenated alkanes) is 2. The summed E-state index contributed by atoms with van der Waals surface area (Å²) in [5.41, 5.74) is 5.36. The van der Waals surface area contributed by atoms with E-state index in [1.165, 1.54) is 18.2 Å². The number of allylic oxidation sites excluding steroid dienone is 2. The summed E-state index contributed by atoms with van der Waals surface area (Å²) in [7, 11) is 0. The van der Waals surface area contributed by atoms with Gasteiger partial charge in [-0.3, -0.25) is 19.2 Å². The number of hydrogen-bond donors (Lipinski definition) is 6.